The number of para-hydroxylation sites is 1. The number of amides is 1. The Morgan fingerprint density at radius 1 is 1.25 bits per heavy atom. The molecule has 0 unspecified atom stereocenters. The van der Waals surface area contributed by atoms with Gasteiger partial charge in [-0.1, -0.05) is 12.1 Å². The standard InChI is InChI=1S/C18H21N3O5S2/c1-12-9-14(21(23)24)10-17(13(12)2)28(25,26)20(3)11-18(22)19-15-7-5-6-8-16(15)27-4/h5-10H,11H2,1-4H3,(H,19,22). The van der Waals surface area contributed by atoms with Crippen molar-refractivity contribution in [2.45, 2.75) is 23.6 Å². The van der Waals surface area contributed by atoms with E-state index in [2.05, 4.69) is 5.32 Å². The number of thioether (sulfide) groups is 1. The number of nitro benzene ring substituents is 1. The number of aryl methyl sites for hydroxylation is 1. The predicted octanol–water partition coefficient (Wildman–Crippen LogP) is 3.19. The zero-order chi connectivity index (χ0) is 21.1. The van der Waals surface area contributed by atoms with Gasteiger partial charge in [-0.15, -0.1) is 11.8 Å². The van der Waals surface area contributed by atoms with Crippen LogP contribution in [0.3, 0.4) is 0 Å². The maximum Gasteiger partial charge on any atom is 0.271 e. The van der Waals surface area contributed by atoms with Crippen molar-refractivity contribution in [1.29, 1.82) is 0 Å². The first kappa shape index (κ1) is 21.9. The van der Waals surface area contributed by atoms with Gasteiger partial charge in [-0.3, -0.25) is 14.9 Å². The molecule has 0 saturated heterocycles. The van der Waals surface area contributed by atoms with Crippen LogP contribution < -0.4 is 5.32 Å². The van der Waals surface area contributed by atoms with Crippen molar-refractivity contribution < 1.29 is 18.1 Å². The van der Waals surface area contributed by atoms with Crippen molar-refractivity contribution in [1.82, 2.24) is 4.31 Å². The molecule has 0 aromatic heterocycles. The Kier molecular flexibility index (Phi) is 6.81. The highest BCUT2D eigenvalue weighted by molar-refractivity contribution is 7.98. The van der Waals surface area contributed by atoms with Crippen LogP contribution in [0.15, 0.2) is 46.2 Å². The molecule has 28 heavy (non-hydrogen) atoms. The molecule has 0 fully saturated rings. The molecule has 0 aliphatic rings. The van der Waals surface area contributed by atoms with Gasteiger partial charge in [0.2, 0.25) is 15.9 Å². The van der Waals surface area contributed by atoms with Gasteiger partial charge in [-0.25, -0.2) is 8.42 Å². The molecule has 0 radical (unpaired) electrons. The molecule has 0 aliphatic carbocycles. The Bertz CT molecular complexity index is 1020. The van der Waals surface area contributed by atoms with E-state index < -0.39 is 27.4 Å². The Morgan fingerprint density at radius 2 is 1.89 bits per heavy atom. The first-order valence-corrected chi connectivity index (χ1v) is 10.9. The fourth-order valence-electron chi connectivity index (χ4n) is 2.57. The highest BCUT2D eigenvalue weighted by Crippen LogP contribution is 2.28. The number of nitro groups is 1. The Hall–Kier alpha value is -2.43. The molecule has 1 amide bonds. The first-order chi connectivity index (χ1) is 13.1. The summed E-state index contributed by atoms with van der Waals surface area (Å²) in [5.41, 5.74) is 1.17. The molecule has 0 aliphatic heterocycles. The number of carbonyl (C=O) groups excluding carboxylic acids is 1. The molecule has 8 nitrogen and oxygen atoms in total. The van der Waals surface area contributed by atoms with Gasteiger partial charge in [0.05, 0.1) is 22.1 Å². The summed E-state index contributed by atoms with van der Waals surface area (Å²) in [4.78, 5) is 23.5. The van der Waals surface area contributed by atoms with Gasteiger partial charge in [0.15, 0.2) is 0 Å². The molecule has 0 spiro atoms. The zero-order valence-electron chi connectivity index (χ0n) is 15.9. The molecular formula is C18H21N3O5S2. The number of sulfonamides is 1. The molecule has 2 aromatic rings. The highest BCUT2D eigenvalue weighted by atomic mass is 32.2. The number of rotatable bonds is 7. The Labute approximate surface area is 168 Å². The number of anilines is 1. The van der Waals surface area contributed by atoms with Crippen LogP contribution in [-0.2, 0) is 14.8 Å². The molecular weight excluding hydrogens is 402 g/mol. The summed E-state index contributed by atoms with van der Waals surface area (Å²) in [5.74, 6) is -0.507. The van der Waals surface area contributed by atoms with E-state index in [1.165, 1.54) is 24.9 Å². The molecule has 0 atom stereocenters. The minimum absolute atomic E-state index is 0.181. The van der Waals surface area contributed by atoms with Crippen LogP contribution in [0.2, 0.25) is 0 Å². The van der Waals surface area contributed by atoms with Gasteiger partial charge >= 0.3 is 0 Å². The van der Waals surface area contributed by atoms with Crippen LogP contribution in [0.1, 0.15) is 11.1 Å². The fraction of sp³-hybridized carbons (Fsp3) is 0.278. The lowest BCUT2D eigenvalue weighted by Crippen LogP contribution is -2.35. The molecule has 0 bridgehead atoms. The van der Waals surface area contributed by atoms with Gasteiger partial charge < -0.3 is 5.32 Å². The fourth-order valence-corrected chi connectivity index (χ4v) is 4.57. The lowest BCUT2D eigenvalue weighted by molar-refractivity contribution is -0.385. The van der Waals surface area contributed by atoms with E-state index in [1.807, 2.05) is 18.4 Å². The van der Waals surface area contributed by atoms with Crippen LogP contribution in [0, 0.1) is 24.0 Å². The topological polar surface area (TPSA) is 110 Å². The van der Waals surface area contributed by atoms with Crippen LogP contribution in [0.4, 0.5) is 11.4 Å². The van der Waals surface area contributed by atoms with E-state index in [9.17, 15) is 23.3 Å². The smallest absolute Gasteiger partial charge is 0.271 e. The average Bonchev–Trinajstić information content (AvgIpc) is 2.63. The third-order valence-electron chi connectivity index (χ3n) is 4.25. The van der Waals surface area contributed by atoms with E-state index in [0.717, 1.165) is 15.3 Å². The normalized spacial score (nSPS) is 11.5. The van der Waals surface area contributed by atoms with Crippen molar-refractivity contribution >= 4 is 39.1 Å². The summed E-state index contributed by atoms with van der Waals surface area (Å²) in [7, 11) is -2.82. The second-order valence-electron chi connectivity index (χ2n) is 6.15. The SMILES string of the molecule is CSc1ccccc1NC(=O)CN(C)S(=O)(=O)c1cc([N+](=O)[O-])cc(C)c1C. The summed E-state index contributed by atoms with van der Waals surface area (Å²) >= 11 is 1.46. The van der Waals surface area contributed by atoms with E-state index in [0.29, 0.717) is 16.8 Å². The minimum atomic E-state index is -4.09. The van der Waals surface area contributed by atoms with Crippen LogP contribution in [0.25, 0.3) is 0 Å². The number of hydrogen-bond donors (Lipinski definition) is 1. The van der Waals surface area contributed by atoms with Gasteiger partial charge in [-0.05, 0) is 43.4 Å². The van der Waals surface area contributed by atoms with Gasteiger partial charge in [0, 0.05) is 24.1 Å². The number of non-ortho nitro benzene ring substituents is 1. The highest BCUT2D eigenvalue weighted by Gasteiger charge is 2.28. The van der Waals surface area contributed by atoms with E-state index in [-0.39, 0.29) is 10.6 Å². The minimum Gasteiger partial charge on any atom is -0.324 e. The largest absolute Gasteiger partial charge is 0.324 e. The molecule has 2 aromatic carbocycles. The van der Waals surface area contributed by atoms with Gasteiger partial charge in [0.25, 0.3) is 5.69 Å². The van der Waals surface area contributed by atoms with E-state index in [4.69, 9.17) is 0 Å². The maximum absolute atomic E-state index is 12.9. The predicted molar refractivity (Wildman–Crippen MR) is 109 cm³/mol. The molecule has 0 saturated carbocycles. The summed E-state index contributed by atoms with van der Waals surface area (Å²) in [6, 6.07) is 9.52. The monoisotopic (exact) mass is 423 g/mol. The van der Waals surface area contributed by atoms with Gasteiger partial charge in [-0.2, -0.15) is 4.31 Å². The third kappa shape index (κ3) is 4.70. The Morgan fingerprint density at radius 3 is 2.50 bits per heavy atom. The van der Waals surface area contributed by atoms with Crippen LogP contribution in [-0.4, -0.2) is 43.4 Å². The summed E-state index contributed by atoms with van der Waals surface area (Å²) < 4.78 is 26.7. The number of nitrogens with zero attached hydrogens (tertiary/aromatic N) is 2. The second-order valence-corrected chi connectivity index (χ2v) is 9.01. The number of hydrogen-bond acceptors (Lipinski definition) is 6. The van der Waals surface area contributed by atoms with Crippen molar-refractivity contribution in [3.63, 3.8) is 0 Å². The van der Waals surface area contributed by atoms with Crippen molar-refractivity contribution in [2.75, 3.05) is 25.2 Å². The molecule has 10 heteroatoms. The first-order valence-electron chi connectivity index (χ1n) is 8.22. The summed E-state index contributed by atoms with van der Waals surface area (Å²) in [5, 5.41) is 13.8. The van der Waals surface area contributed by atoms with Crippen molar-refractivity contribution in [3.05, 3.63) is 57.6 Å². The molecule has 150 valence electrons. The summed E-state index contributed by atoms with van der Waals surface area (Å²) in [6.07, 6.45) is 1.87. The number of carbonyl (C=O) groups is 1. The number of nitrogens with one attached hydrogen (secondary N) is 1. The molecule has 1 N–H and O–H groups in total. The zero-order valence-corrected chi connectivity index (χ0v) is 17.6. The lowest BCUT2D eigenvalue weighted by Gasteiger charge is -2.19. The van der Waals surface area contributed by atoms with E-state index >= 15 is 0 Å². The third-order valence-corrected chi connectivity index (χ3v) is 6.98. The summed E-state index contributed by atoms with van der Waals surface area (Å²) in [6.45, 7) is 2.76. The van der Waals surface area contributed by atoms with E-state index in [1.54, 1.807) is 26.0 Å². The lowest BCUT2D eigenvalue weighted by atomic mass is 10.1. The number of benzene rings is 2. The molecule has 2 rings (SSSR count). The van der Waals surface area contributed by atoms with Crippen LogP contribution in [0.5, 0.6) is 0 Å². The average molecular weight is 424 g/mol. The van der Waals surface area contributed by atoms with Gasteiger partial charge in [0.1, 0.15) is 0 Å². The maximum atomic E-state index is 12.9. The van der Waals surface area contributed by atoms with Crippen LogP contribution >= 0.6 is 11.8 Å². The second kappa shape index (κ2) is 8.72. The Balaban J connectivity index is 2.27. The van der Waals surface area contributed by atoms with Crippen molar-refractivity contribution in [2.24, 2.45) is 0 Å². The molecule has 0 heterocycles. The number of likely N-dealkylation sites (N-methyl/N-ethyl adjacent to an activating group) is 1. The quantitative estimate of drug-likeness (QED) is 0.416. The van der Waals surface area contributed by atoms with Crippen molar-refractivity contribution in [3.8, 4) is 0 Å².